The number of hydrogen-bond acceptors (Lipinski definition) is 6. The number of unbranched alkanes of at least 4 members (excludes halogenated alkanes) is 1. The standard InChI is InChI=1S/C15H21NO5S/c1-20-15(17)14(12-8-4-3-5-9-12)13(16)10-6-7-11-21-22(2,18)19/h3-5,8-9H,6-7,10-11,16H2,1-2H3/b14-13-. The maximum atomic E-state index is 11.9. The Morgan fingerprint density at radius 3 is 2.36 bits per heavy atom. The van der Waals surface area contributed by atoms with E-state index in [1.54, 1.807) is 12.1 Å². The molecule has 0 fully saturated rings. The average molecular weight is 327 g/mol. The van der Waals surface area contributed by atoms with Gasteiger partial charge < -0.3 is 10.5 Å². The maximum Gasteiger partial charge on any atom is 0.340 e. The molecule has 0 aliphatic rings. The van der Waals surface area contributed by atoms with Crippen molar-refractivity contribution in [2.24, 2.45) is 5.73 Å². The van der Waals surface area contributed by atoms with Crippen LogP contribution in [0, 0.1) is 0 Å². The number of allylic oxidation sites excluding steroid dienone is 1. The molecule has 22 heavy (non-hydrogen) atoms. The molecule has 0 aliphatic heterocycles. The molecule has 0 aromatic heterocycles. The van der Waals surface area contributed by atoms with E-state index < -0.39 is 16.1 Å². The van der Waals surface area contributed by atoms with Crippen LogP contribution in [0.5, 0.6) is 0 Å². The molecule has 0 unspecified atom stereocenters. The number of rotatable bonds is 8. The number of carbonyl (C=O) groups excluding carboxylic acids is 1. The van der Waals surface area contributed by atoms with E-state index in [-0.39, 0.29) is 6.61 Å². The van der Waals surface area contributed by atoms with Gasteiger partial charge in [-0.2, -0.15) is 8.42 Å². The lowest BCUT2D eigenvalue weighted by Crippen LogP contribution is -2.12. The van der Waals surface area contributed by atoms with Gasteiger partial charge in [0.1, 0.15) is 0 Å². The first-order valence-corrected chi connectivity index (χ1v) is 8.63. The Labute approximate surface area is 131 Å². The van der Waals surface area contributed by atoms with Crippen LogP contribution in [0.3, 0.4) is 0 Å². The number of nitrogens with two attached hydrogens (primary N) is 1. The van der Waals surface area contributed by atoms with Crippen molar-refractivity contribution in [3.05, 3.63) is 41.6 Å². The van der Waals surface area contributed by atoms with Gasteiger partial charge in [0, 0.05) is 5.70 Å². The number of methoxy groups -OCH3 is 1. The lowest BCUT2D eigenvalue weighted by atomic mass is 10.0. The zero-order valence-electron chi connectivity index (χ0n) is 12.7. The normalized spacial score (nSPS) is 12.6. The molecular formula is C15H21NO5S. The molecule has 6 nitrogen and oxygen atoms in total. The fourth-order valence-electron chi connectivity index (χ4n) is 1.89. The van der Waals surface area contributed by atoms with Gasteiger partial charge in [-0.15, -0.1) is 0 Å². The minimum Gasteiger partial charge on any atom is -0.465 e. The lowest BCUT2D eigenvalue weighted by molar-refractivity contribution is -0.133. The lowest BCUT2D eigenvalue weighted by Gasteiger charge is -2.10. The van der Waals surface area contributed by atoms with E-state index in [0.29, 0.717) is 36.1 Å². The highest BCUT2D eigenvalue weighted by Gasteiger charge is 2.16. The largest absolute Gasteiger partial charge is 0.465 e. The van der Waals surface area contributed by atoms with E-state index in [2.05, 4.69) is 4.18 Å². The molecule has 0 aliphatic carbocycles. The van der Waals surface area contributed by atoms with Gasteiger partial charge >= 0.3 is 5.97 Å². The third kappa shape index (κ3) is 6.28. The van der Waals surface area contributed by atoms with Crippen molar-refractivity contribution in [1.82, 2.24) is 0 Å². The van der Waals surface area contributed by atoms with Crippen LogP contribution in [-0.2, 0) is 23.8 Å². The molecule has 0 heterocycles. The van der Waals surface area contributed by atoms with Crippen molar-refractivity contribution in [2.75, 3.05) is 20.0 Å². The Morgan fingerprint density at radius 1 is 1.18 bits per heavy atom. The summed E-state index contributed by atoms with van der Waals surface area (Å²) in [5.41, 5.74) is 7.46. The van der Waals surface area contributed by atoms with Gasteiger partial charge in [0.2, 0.25) is 0 Å². The van der Waals surface area contributed by atoms with Gasteiger partial charge in [-0.3, -0.25) is 4.18 Å². The first-order chi connectivity index (χ1) is 10.3. The molecular weight excluding hydrogens is 306 g/mol. The van der Waals surface area contributed by atoms with Crippen molar-refractivity contribution < 1.29 is 22.1 Å². The predicted molar refractivity (Wildman–Crippen MR) is 84.2 cm³/mol. The molecule has 0 bridgehead atoms. The topological polar surface area (TPSA) is 95.7 Å². The zero-order chi connectivity index (χ0) is 16.6. The minimum absolute atomic E-state index is 0.102. The van der Waals surface area contributed by atoms with E-state index >= 15 is 0 Å². The van der Waals surface area contributed by atoms with Gasteiger partial charge in [0.25, 0.3) is 10.1 Å². The van der Waals surface area contributed by atoms with Crippen LogP contribution in [0.1, 0.15) is 24.8 Å². The summed E-state index contributed by atoms with van der Waals surface area (Å²) in [6.07, 6.45) is 2.59. The van der Waals surface area contributed by atoms with Crippen LogP contribution in [0.4, 0.5) is 0 Å². The first kappa shape index (κ1) is 18.2. The van der Waals surface area contributed by atoms with Crippen molar-refractivity contribution in [2.45, 2.75) is 19.3 Å². The molecule has 1 rings (SSSR count). The molecule has 7 heteroatoms. The van der Waals surface area contributed by atoms with E-state index in [4.69, 9.17) is 10.5 Å². The van der Waals surface area contributed by atoms with Gasteiger partial charge in [-0.25, -0.2) is 4.79 Å². The van der Waals surface area contributed by atoms with E-state index in [9.17, 15) is 13.2 Å². The SMILES string of the molecule is COC(=O)/C(=C(\N)CCCCOS(C)(=O)=O)c1ccccc1. The minimum atomic E-state index is -3.42. The second-order valence-corrected chi connectivity index (χ2v) is 6.39. The first-order valence-electron chi connectivity index (χ1n) is 6.82. The summed E-state index contributed by atoms with van der Waals surface area (Å²) in [6, 6.07) is 9.03. The Hall–Kier alpha value is -1.86. The van der Waals surface area contributed by atoms with Crippen molar-refractivity contribution >= 4 is 21.7 Å². The van der Waals surface area contributed by atoms with E-state index in [1.807, 2.05) is 18.2 Å². The van der Waals surface area contributed by atoms with Crippen LogP contribution >= 0.6 is 0 Å². The Bertz CT molecular complexity index is 623. The fraction of sp³-hybridized carbons (Fsp3) is 0.400. The molecule has 1 aromatic rings. The van der Waals surface area contributed by atoms with Gasteiger partial charge in [-0.1, -0.05) is 30.3 Å². The number of esters is 1. The molecule has 0 saturated carbocycles. The molecule has 1 aromatic carbocycles. The Balaban J connectivity index is 2.71. The Morgan fingerprint density at radius 2 is 1.82 bits per heavy atom. The highest BCUT2D eigenvalue weighted by atomic mass is 32.2. The quantitative estimate of drug-likeness (QED) is 0.338. The molecule has 2 N–H and O–H groups in total. The van der Waals surface area contributed by atoms with Crippen LogP contribution in [0.15, 0.2) is 36.0 Å². The van der Waals surface area contributed by atoms with E-state index in [0.717, 1.165) is 6.26 Å². The average Bonchev–Trinajstić information content (AvgIpc) is 2.47. The van der Waals surface area contributed by atoms with Crippen LogP contribution in [0.2, 0.25) is 0 Å². The highest BCUT2D eigenvalue weighted by molar-refractivity contribution is 7.85. The van der Waals surface area contributed by atoms with Crippen molar-refractivity contribution in [3.8, 4) is 0 Å². The number of hydrogen-bond donors (Lipinski definition) is 1. The molecule has 0 atom stereocenters. The third-order valence-corrected chi connectivity index (χ3v) is 3.51. The second kappa shape index (κ2) is 8.55. The highest BCUT2D eigenvalue weighted by Crippen LogP contribution is 2.20. The molecule has 0 radical (unpaired) electrons. The summed E-state index contributed by atoms with van der Waals surface area (Å²) >= 11 is 0. The third-order valence-electron chi connectivity index (χ3n) is 2.91. The summed E-state index contributed by atoms with van der Waals surface area (Å²) in [5.74, 6) is -0.490. The molecule has 0 saturated heterocycles. The van der Waals surface area contributed by atoms with Crippen molar-refractivity contribution in [1.29, 1.82) is 0 Å². The van der Waals surface area contributed by atoms with Crippen LogP contribution in [-0.4, -0.2) is 34.4 Å². The summed E-state index contributed by atoms with van der Waals surface area (Å²) in [4.78, 5) is 11.9. The fourth-order valence-corrected chi connectivity index (χ4v) is 2.31. The maximum absolute atomic E-state index is 11.9. The van der Waals surface area contributed by atoms with E-state index in [1.165, 1.54) is 7.11 Å². The van der Waals surface area contributed by atoms with Gasteiger partial charge in [0.05, 0.1) is 25.5 Å². The summed E-state index contributed by atoms with van der Waals surface area (Å²) in [7, 11) is -2.11. The monoisotopic (exact) mass is 327 g/mol. The van der Waals surface area contributed by atoms with Crippen LogP contribution in [0.25, 0.3) is 5.57 Å². The van der Waals surface area contributed by atoms with Crippen LogP contribution < -0.4 is 5.73 Å². The predicted octanol–water partition coefficient (Wildman–Crippen LogP) is 1.68. The Kier molecular flexibility index (Phi) is 7.07. The van der Waals surface area contributed by atoms with Gasteiger partial charge in [-0.05, 0) is 24.8 Å². The summed E-state index contributed by atoms with van der Waals surface area (Å²) < 4.78 is 31.1. The molecule has 0 spiro atoms. The molecule has 0 amide bonds. The summed E-state index contributed by atoms with van der Waals surface area (Å²) in [5, 5.41) is 0. The van der Waals surface area contributed by atoms with Crippen molar-refractivity contribution in [3.63, 3.8) is 0 Å². The number of ether oxygens (including phenoxy) is 1. The molecule has 122 valence electrons. The number of carbonyl (C=O) groups is 1. The smallest absolute Gasteiger partial charge is 0.340 e. The summed E-state index contributed by atoms with van der Waals surface area (Å²) in [6.45, 7) is 0.102. The zero-order valence-corrected chi connectivity index (χ0v) is 13.6. The number of benzene rings is 1. The van der Waals surface area contributed by atoms with Gasteiger partial charge in [0.15, 0.2) is 0 Å². The second-order valence-electron chi connectivity index (χ2n) is 4.74.